The van der Waals surface area contributed by atoms with Crippen molar-refractivity contribution in [2.75, 3.05) is 6.61 Å². The topological polar surface area (TPSA) is 63.6 Å². The molecule has 0 aliphatic carbocycles. The molecule has 0 saturated carbocycles. The van der Waals surface area contributed by atoms with Crippen LogP contribution in [0.4, 0.5) is 0 Å². The molecule has 4 heteroatoms. The quantitative estimate of drug-likeness (QED) is 0.351. The molecule has 0 rings (SSSR count). The van der Waals surface area contributed by atoms with Crippen LogP contribution in [0.5, 0.6) is 0 Å². The molecule has 1 unspecified atom stereocenters. The number of aliphatic hydroxyl groups is 1. The van der Waals surface area contributed by atoms with Crippen LogP contribution in [0.15, 0.2) is 0 Å². The van der Waals surface area contributed by atoms with Crippen LogP contribution in [-0.4, -0.2) is 29.6 Å². The summed E-state index contributed by atoms with van der Waals surface area (Å²) in [6.07, 6.45) is 5.45. The fourth-order valence-corrected chi connectivity index (χ4v) is 1.57. The predicted molar refractivity (Wildman–Crippen MR) is 70.3 cm³/mol. The molecule has 106 valence electrons. The molecule has 0 bridgehead atoms. The number of carbonyl (C=O) groups excluding carboxylic acids is 2. The lowest BCUT2D eigenvalue weighted by Crippen LogP contribution is -2.31. The Kier molecular flexibility index (Phi) is 10.6. The van der Waals surface area contributed by atoms with Crippen LogP contribution >= 0.6 is 0 Å². The number of esters is 1. The van der Waals surface area contributed by atoms with Gasteiger partial charge in [0.2, 0.25) is 6.10 Å². The van der Waals surface area contributed by atoms with Gasteiger partial charge in [-0.2, -0.15) is 0 Å². The number of ketones is 1. The van der Waals surface area contributed by atoms with Gasteiger partial charge >= 0.3 is 5.97 Å². The normalized spacial score (nSPS) is 12.2. The third kappa shape index (κ3) is 8.23. The lowest BCUT2D eigenvalue weighted by molar-refractivity contribution is -0.157. The SMILES string of the molecule is CCCCCCCC(=O)C(O)C(=O)OCCCC. The van der Waals surface area contributed by atoms with Crippen LogP contribution in [0.1, 0.15) is 65.2 Å². The summed E-state index contributed by atoms with van der Waals surface area (Å²) in [5.74, 6) is -1.23. The average Bonchev–Trinajstić information content (AvgIpc) is 2.37. The number of hydrogen-bond donors (Lipinski definition) is 1. The van der Waals surface area contributed by atoms with E-state index in [1.165, 1.54) is 0 Å². The van der Waals surface area contributed by atoms with Gasteiger partial charge in [0.1, 0.15) is 0 Å². The maximum absolute atomic E-state index is 11.5. The monoisotopic (exact) mass is 258 g/mol. The van der Waals surface area contributed by atoms with E-state index in [0.29, 0.717) is 0 Å². The number of unbranched alkanes of at least 4 members (excludes halogenated alkanes) is 5. The number of Topliss-reactive ketones (excluding diaryl/α,β-unsaturated/α-hetero) is 1. The van der Waals surface area contributed by atoms with Crippen molar-refractivity contribution < 1.29 is 19.4 Å². The summed E-state index contributed by atoms with van der Waals surface area (Å²) in [5, 5.41) is 9.46. The van der Waals surface area contributed by atoms with Crippen molar-refractivity contribution in [3.8, 4) is 0 Å². The third-order valence-corrected chi connectivity index (χ3v) is 2.80. The lowest BCUT2D eigenvalue weighted by Gasteiger charge is -2.09. The molecule has 0 heterocycles. The Morgan fingerprint density at radius 1 is 1.00 bits per heavy atom. The average molecular weight is 258 g/mol. The summed E-state index contributed by atoms with van der Waals surface area (Å²) in [6.45, 7) is 4.38. The molecule has 0 aromatic heterocycles. The van der Waals surface area contributed by atoms with Gasteiger partial charge in [-0.3, -0.25) is 4.79 Å². The second-order valence-electron chi connectivity index (χ2n) is 4.55. The second kappa shape index (κ2) is 11.2. The van der Waals surface area contributed by atoms with E-state index >= 15 is 0 Å². The van der Waals surface area contributed by atoms with Crippen molar-refractivity contribution in [3.05, 3.63) is 0 Å². The summed E-state index contributed by atoms with van der Waals surface area (Å²) in [5.41, 5.74) is 0. The molecule has 0 amide bonds. The summed E-state index contributed by atoms with van der Waals surface area (Å²) < 4.78 is 4.80. The molecule has 0 saturated heterocycles. The first-order valence-electron chi connectivity index (χ1n) is 7.00. The minimum atomic E-state index is -1.59. The van der Waals surface area contributed by atoms with E-state index in [-0.39, 0.29) is 13.0 Å². The number of ether oxygens (including phenoxy) is 1. The Hall–Kier alpha value is -0.900. The largest absolute Gasteiger partial charge is 0.463 e. The van der Waals surface area contributed by atoms with Crippen molar-refractivity contribution in [3.63, 3.8) is 0 Å². The van der Waals surface area contributed by atoms with Gasteiger partial charge in [-0.1, -0.05) is 46.0 Å². The first-order valence-corrected chi connectivity index (χ1v) is 7.00. The van der Waals surface area contributed by atoms with Crippen molar-refractivity contribution in [1.82, 2.24) is 0 Å². The van der Waals surface area contributed by atoms with Gasteiger partial charge in [-0.25, -0.2) is 4.79 Å². The van der Waals surface area contributed by atoms with E-state index in [1.54, 1.807) is 0 Å². The predicted octanol–water partition coefficient (Wildman–Crippen LogP) is 2.62. The molecule has 1 atom stereocenters. The van der Waals surface area contributed by atoms with Crippen LogP contribution < -0.4 is 0 Å². The standard InChI is InChI=1S/C14H26O4/c1-3-5-7-8-9-10-12(15)13(16)14(17)18-11-6-4-2/h13,16H,3-11H2,1-2H3. The van der Waals surface area contributed by atoms with E-state index in [2.05, 4.69) is 6.92 Å². The summed E-state index contributed by atoms with van der Waals surface area (Å²) in [6, 6.07) is 0. The zero-order valence-corrected chi connectivity index (χ0v) is 11.6. The fourth-order valence-electron chi connectivity index (χ4n) is 1.57. The minimum Gasteiger partial charge on any atom is -0.463 e. The molecule has 0 aliphatic heterocycles. The molecule has 18 heavy (non-hydrogen) atoms. The highest BCUT2D eigenvalue weighted by Crippen LogP contribution is 2.07. The van der Waals surface area contributed by atoms with E-state index in [4.69, 9.17) is 4.74 Å². The summed E-state index contributed by atoms with van der Waals surface area (Å²) in [4.78, 5) is 22.8. The zero-order valence-electron chi connectivity index (χ0n) is 11.6. The van der Waals surface area contributed by atoms with Crippen molar-refractivity contribution >= 4 is 11.8 Å². The molecule has 4 nitrogen and oxygen atoms in total. The number of hydrogen-bond acceptors (Lipinski definition) is 4. The van der Waals surface area contributed by atoms with E-state index in [0.717, 1.165) is 44.9 Å². The van der Waals surface area contributed by atoms with Crippen LogP contribution in [0, 0.1) is 0 Å². The molecule has 1 N–H and O–H groups in total. The van der Waals surface area contributed by atoms with Gasteiger partial charge in [0, 0.05) is 6.42 Å². The van der Waals surface area contributed by atoms with Gasteiger partial charge in [-0.05, 0) is 12.8 Å². The van der Waals surface area contributed by atoms with Crippen LogP contribution in [0.3, 0.4) is 0 Å². The fraction of sp³-hybridized carbons (Fsp3) is 0.857. The Labute approximate surface area is 110 Å². The number of aliphatic hydroxyl groups excluding tert-OH is 1. The second-order valence-corrected chi connectivity index (χ2v) is 4.55. The third-order valence-electron chi connectivity index (χ3n) is 2.80. The molecule has 0 fully saturated rings. The summed E-state index contributed by atoms with van der Waals surface area (Å²) in [7, 11) is 0. The van der Waals surface area contributed by atoms with Crippen LogP contribution in [-0.2, 0) is 14.3 Å². The van der Waals surface area contributed by atoms with Gasteiger partial charge in [-0.15, -0.1) is 0 Å². The van der Waals surface area contributed by atoms with Crippen LogP contribution in [0.2, 0.25) is 0 Å². The maximum atomic E-state index is 11.5. The lowest BCUT2D eigenvalue weighted by atomic mass is 10.1. The van der Waals surface area contributed by atoms with Gasteiger partial charge in [0.25, 0.3) is 0 Å². The first-order chi connectivity index (χ1) is 8.63. The highest BCUT2D eigenvalue weighted by molar-refractivity contribution is 6.01. The number of carbonyl (C=O) groups is 2. The Morgan fingerprint density at radius 2 is 1.61 bits per heavy atom. The highest BCUT2D eigenvalue weighted by Gasteiger charge is 2.24. The Morgan fingerprint density at radius 3 is 2.22 bits per heavy atom. The zero-order chi connectivity index (χ0) is 13.8. The highest BCUT2D eigenvalue weighted by atomic mass is 16.5. The first kappa shape index (κ1) is 17.1. The van der Waals surface area contributed by atoms with Gasteiger partial charge in [0.05, 0.1) is 6.61 Å². The molecular weight excluding hydrogens is 232 g/mol. The van der Waals surface area contributed by atoms with E-state index in [9.17, 15) is 14.7 Å². The molecule has 0 aromatic rings. The molecule has 0 aliphatic rings. The minimum absolute atomic E-state index is 0.258. The van der Waals surface area contributed by atoms with Crippen molar-refractivity contribution in [2.24, 2.45) is 0 Å². The van der Waals surface area contributed by atoms with Gasteiger partial charge < -0.3 is 9.84 Å². The van der Waals surface area contributed by atoms with E-state index < -0.39 is 17.9 Å². The molecule has 0 radical (unpaired) electrons. The van der Waals surface area contributed by atoms with Gasteiger partial charge in [0.15, 0.2) is 5.78 Å². The summed E-state index contributed by atoms with van der Waals surface area (Å²) >= 11 is 0. The van der Waals surface area contributed by atoms with Crippen LogP contribution in [0.25, 0.3) is 0 Å². The smallest absolute Gasteiger partial charge is 0.342 e. The Bertz CT molecular complexity index is 238. The van der Waals surface area contributed by atoms with Crippen molar-refractivity contribution in [2.45, 2.75) is 71.3 Å². The number of rotatable bonds is 11. The molecule has 0 aromatic carbocycles. The Balaban J connectivity index is 3.70. The maximum Gasteiger partial charge on any atom is 0.342 e. The van der Waals surface area contributed by atoms with Crippen molar-refractivity contribution in [1.29, 1.82) is 0 Å². The molecule has 0 spiro atoms. The van der Waals surface area contributed by atoms with E-state index in [1.807, 2.05) is 6.92 Å². The molecular formula is C14H26O4.